The van der Waals surface area contributed by atoms with Gasteiger partial charge in [0.15, 0.2) is 11.5 Å². The van der Waals surface area contributed by atoms with E-state index < -0.39 is 0 Å². The first-order valence-corrected chi connectivity index (χ1v) is 8.14. The molecule has 1 aromatic heterocycles. The molecule has 0 spiro atoms. The van der Waals surface area contributed by atoms with E-state index in [1.807, 2.05) is 36.4 Å². The molecule has 4 nitrogen and oxygen atoms in total. The van der Waals surface area contributed by atoms with Crippen molar-refractivity contribution in [1.82, 2.24) is 4.98 Å². The van der Waals surface area contributed by atoms with Gasteiger partial charge < -0.3 is 9.47 Å². The molecule has 0 aliphatic heterocycles. The molecule has 1 heterocycles. The summed E-state index contributed by atoms with van der Waals surface area (Å²) in [6.45, 7) is 0.850. The van der Waals surface area contributed by atoms with Crippen LogP contribution in [-0.4, -0.2) is 17.9 Å². The van der Waals surface area contributed by atoms with Gasteiger partial charge >= 0.3 is 0 Å². The van der Waals surface area contributed by atoms with Crippen molar-refractivity contribution in [1.29, 1.82) is 0 Å². The summed E-state index contributed by atoms with van der Waals surface area (Å²) in [6, 6.07) is 21.0. The third-order valence-corrected chi connectivity index (χ3v) is 3.70. The maximum absolute atomic E-state index is 11.0. The van der Waals surface area contributed by atoms with Gasteiger partial charge in [-0.2, -0.15) is 0 Å². The quantitative estimate of drug-likeness (QED) is 0.583. The summed E-state index contributed by atoms with van der Waals surface area (Å²) in [6.07, 6.45) is 3.31. The van der Waals surface area contributed by atoms with Gasteiger partial charge in [-0.25, -0.2) is 0 Å². The van der Waals surface area contributed by atoms with Crippen LogP contribution < -0.4 is 9.47 Å². The summed E-state index contributed by atoms with van der Waals surface area (Å²) in [7, 11) is 0. The average Bonchev–Trinajstić information content (AvgIpc) is 2.68. The Morgan fingerprint density at radius 1 is 0.880 bits per heavy atom. The van der Waals surface area contributed by atoms with Crippen LogP contribution in [0.1, 0.15) is 21.6 Å². The lowest BCUT2D eigenvalue weighted by molar-refractivity contribution is 0.112. The highest BCUT2D eigenvalue weighted by atomic mass is 16.5. The highest BCUT2D eigenvalue weighted by Crippen LogP contribution is 2.29. The Balaban J connectivity index is 1.66. The minimum atomic E-state index is 0.318. The van der Waals surface area contributed by atoms with Crippen LogP contribution in [0.2, 0.25) is 0 Å². The number of hydrogen-bond donors (Lipinski definition) is 0. The molecule has 2 aromatic carbocycles. The molecular formula is C21H19NO3. The summed E-state index contributed by atoms with van der Waals surface area (Å²) >= 11 is 0. The highest BCUT2D eigenvalue weighted by Gasteiger charge is 2.08. The maximum Gasteiger partial charge on any atom is 0.162 e. The molecule has 0 amide bonds. The third-order valence-electron chi connectivity index (χ3n) is 3.70. The van der Waals surface area contributed by atoms with E-state index in [9.17, 15) is 4.79 Å². The summed E-state index contributed by atoms with van der Waals surface area (Å²) in [5, 5.41) is 0. The van der Waals surface area contributed by atoms with E-state index in [1.54, 1.807) is 24.4 Å². The zero-order valence-corrected chi connectivity index (χ0v) is 13.8. The SMILES string of the molecule is O=Cc1ccc(OCCc2ccccc2)c(OCc2ccccn2)c1. The lowest BCUT2D eigenvalue weighted by Crippen LogP contribution is -2.05. The highest BCUT2D eigenvalue weighted by molar-refractivity contribution is 5.76. The molecule has 0 atom stereocenters. The van der Waals surface area contributed by atoms with Gasteiger partial charge in [0.05, 0.1) is 12.3 Å². The van der Waals surface area contributed by atoms with E-state index >= 15 is 0 Å². The summed E-state index contributed by atoms with van der Waals surface area (Å²) in [5.41, 5.74) is 2.57. The molecular weight excluding hydrogens is 314 g/mol. The predicted molar refractivity (Wildman–Crippen MR) is 96.0 cm³/mol. The average molecular weight is 333 g/mol. The molecule has 0 N–H and O–H groups in total. The largest absolute Gasteiger partial charge is 0.489 e. The van der Waals surface area contributed by atoms with Crippen LogP contribution >= 0.6 is 0 Å². The zero-order chi connectivity index (χ0) is 17.3. The standard InChI is InChI=1S/C21H19NO3/c23-15-18-9-10-20(24-13-11-17-6-2-1-3-7-17)21(14-18)25-16-19-8-4-5-12-22-19/h1-10,12,14-15H,11,13,16H2. The third kappa shape index (κ3) is 4.91. The van der Waals surface area contributed by atoms with E-state index in [2.05, 4.69) is 17.1 Å². The second-order valence-corrected chi connectivity index (χ2v) is 5.52. The van der Waals surface area contributed by atoms with Crippen LogP contribution in [-0.2, 0) is 13.0 Å². The Kier molecular flexibility index (Phi) is 5.77. The van der Waals surface area contributed by atoms with Crippen molar-refractivity contribution in [3.63, 3.8) is 0 Å². The van der Waals surface area contributed by atoms with Gasteiger partial charge in [-0.1, -0.05) is 36.4 Å². The van der Waals surface area contributed by atoms with Crippen LogP contribution in [0.3, 0.4) is 0 Å². The van der Waals surface area contributed by atoms with Crippen molar-refractivity contribution in [2.45, 2.75) is 13.0 Å². The van der Waals surface area contributed by atoms with Crippen molar-refractivity contribution >= 4 is 6.29 Å². The lowest BCUT2D eigenvalue weighted by Gasteiger charge is -2.13. The second-order valence-electron chi connectivity index (χ2n) is 5.52. The Labute approximate surface area is 147 Å². The van der Waals surface area contributed by atoms with Gasteiger partial charge in [0.1, 0.15) is 12.9 Å². The Bertz CT molecular complexity index is 804. The number of rotatable bonds is 8. The van der Waals surface area contributed by atoms with E-state index in [0.29, 0.717) is 30.3 Å². The van der Waals surface area contributed by atoms with Crippen LogP contribution in [0, 0.1) is 0 Å². The van der Waals surface area contributed by atoms with Crippen molar-refractivity contribution < 1.29 is 14.3 Å². The molecule has 0 fully saturated rings. The topological polar surface area (TPSA) is 48.4 Å². The smallest absolute Gasteiger partial charge is 0.162 e. The number of aldehydes is 1. The fourth-order valence-electron chi connectivity index (χ4n) is 2.39. The molecule has 0 aliphatic carbocycles. The minimum absolute atomic E-state index is 0.318. The van der Waals surface area contributed by atoms with E-state index in [1.165, 1.54) is 5.56 Å². The summed E-state index contributed by atoms with van der Waals surface area (Å²) in [4.78, 5) is 15.3. The number of carbonyl (C=O) groups excluding carboxylic acids is 1. The van der Waals surface area contributed by atoms with Crippen LogP contribution in [0.25, 0.3) is 0 Å². The van der Waals surface area contributed by atoms with Gasteiger partial charge in [-0.3, -0.25) is 9.78 Å². The molecule has 0 unspecified atom stereocenters. The van der Waals surface area contributed by atoms with E-state index in [0.717, 1.165) is 18.4 Å². The number of nitrogens with zero attached hydrogens (tertiary/aromatic N) is 1. The van der Waals surface area contributed by atoms with Crippen molar-refractivity contribution in [2.75, 3.05) is 6.61 Å². The van der Waals surface area contributed by atoms with Gasteiger partial charge in [-0.15, -0.1) is 0 Å². The normalized spacial score (nSPS) is 10.2. The van der Waals surface area contributed by atoms with Gasteiger partial charge in [0.25, 0.3) is 0 Å². The van der Waals surface area contributed by atoms with Gasteiger partial charge in [-0.05, 0) is 35.9 Å². The van der Waals surface area contributed by atoms with E-state index in [-0.39, 0.29) is 0 Å². The molecule has 126 valence electrons. The minimum Gasteiger partial charge on any atom is -0.489 e. The summed E-state index contributed by atoms with van der Waals surface area (Å²) in [5.74, 6) is 1.17. The van der Waals surface area contributed by atoms with E-state index in [4.69, 9.17) is 9.47 Å². The first-order valence-electron chi connectivity index (χ1n) is 8.14. The Morgan fingerprint density at radius 2 is 1.72 bits per heavy atom. The predicted octanol–water partition coefficient (Wildman–Crippen LogP) is 4.09. The number of aromatic nitrogens is 1. The fourth-order valence-corrected chi connectivity index (χ4v) is 2.39. The lowest BCUT2D eigenvalue weighted by atomic mass is 10.2. The van der Waals surface area contributed by atoms with Crippen LogP contribution in [0.4, 0.5) is 0 Å². The molecule has 0 aliphatic rings. The number of hydrogen-bond acceptors (Lipinski definition) is 4. The molecule has 4 heteroatoms. The Hall–Kier alpha value is -3.14. The second kappa shape index (κ2) is 8.64. The van der Waals surface area contributed by atoms with Crippen molar-refractivity contribution in [3.05, 3.63) is 89.7 Å². The van der Waals surface area contributed by atoms with Crippen molar-refractivity contribution in [3.8, 4) is 11.5 Å². The maximum atomic E-state index is 11.0. The van der Waals surface area contributed by atoms with Crippen LogP contribution in [0.5, 0.6) is 11.5 Å². The number of ether oxygens (including phenoxy) is 2. The number of benzene rings is 2. The molecule has 0 saturated carbocycles. The molecule has 0 bridgehead atoms. The molecule has 25 heavy (non-hydrogen) atoms. The molecule has 0 saturated heterocycles. The first kappa shape index (κ1) is 16.7. The van der Waals surface area contributed by atoms with Gasteiger partial charge in [0.2, 0.25) is 0 Å². The number of pyridine rings is 1. The van der Waals surface area contributed by atoms with Crippen molar-refractivity contribution in [2.24, 2.45) is 0 Å². The first-order chi connectivity index (χ1) is 12.3. The number of carbonyl (C=O) groups is 1. The molecule has 3 rings (SSSR count). The molecule has 0 radical (unpaired) electrons. The van der Waals surface area contributed by atoms with Gasteiger partial charge in [0, 0.05) is 18.2 Å². The zero-order valence-electron chi connectivity index (χ0n) is 13.8. The summed E-state index contributed by atoms with van der Waals surface area (Å²) < 4.78 is 11.7. The van der Waals surface area contributed by atoms with Crippen LogP contribution in [0.15, 0.2) is 72.9 Å². The fraction of sp³-hybridized carbons (Fsp3) is 0.143. The Morgan fingerprint density at radius 3 is 2.48 bits per heavy atom. The monoisotopic (exact) mass is 333 g/mol. The molecule has 3 aromatic rings.